The van der Waals surface area contributed by atoms with Crippen molar-refractivity contribution in [1.29, 1.82) is 0 Å². The first kappa shape index (κ1) is 28.9. The predicted octanol–water partition coefficient (Wildman–Crippen LogP) is 5.83. The van der Waals surface area contributed by atoms with E-state index in [0.717, 1.165) is 51.0 Å². The average molecular weight is 551 g/mol. The van der Waals surface area contributed by atoms with Gasteiger partial charge in [0.05, 0.1) is 6.10 Å². The van der Waals surface area contributed by atoms with Gasteiger partial charge < -0.3 is 15.3 Å². The van der Waals surface area contributed by atoms with Crippen LogP contribution >= 0.6 is 11.3 Å². The molecule has 1 aromatic carbocycles. The van der Waals surface area contributed by atoms with E-state index >= 15 is 0 Å². The summed E-state index contributed by atoms with van der Waals surface area (Å²) in [6.45, 7) is 5.29. The van der Waals surface area contributed by atoms with Crippen molar-refractivity contribution in [3.8, 4) is 0 Å². The first-order valence-corrected chi connectivity index (χ1v) is 14.6. The Hall–Kier alpha value is -3.07. The van der Waals surface area contributed by atoms with E-state index < -0.39 is 11.9 Å². The Kier molecular flexibility index (Phi) is 9.88. The number of carbonyl (C=O) groups is 2. The molecule has 2 aliphatic rings. The van der Waals surface area contributed by atoms with E-state index in [1.807, 2.05) is 23.6 Å². The van der Waals surface area contributed by atoms with E-state index in [4.69, 9.17) is 24.8 Å². The molecule has 39 heavy (non-hydrogen) atoms. The van der Waals surface area contributed by atoms with Gasteiger partial charge in [-0.25, -0.2) is 9.59 Å². The Morgan fingerprint density at radius 2 is 1.85 bits per heavy atom. The highest BCUT2D eigenvalue weighted by molar-refractivity contribution is 7.17. The summed E-state index contributed by atoms with van der Waals surface area (Å²) in [7, 11) is 0. The third-order valence-corrected chi connectivity index (χ3v) is 9.21. The highest BCUT2D eigenvalue weighted by atomic mass is 32.1. The van der Waals surface area contributed by atoms with E-state index in [1.54, 1.807) is 0 Å². The van der Waals surface area contributed by atoms with Gasteiger partial charge in [-0.2, -0.15) is 0 Å². The summed E-state index contributed by atoms with van der Waals surface area (Å²) in [6.07, 6.45) is 12.1. The number of fused-ring (bicyclic) bond motifs is 1. The molecule has 1 saturated carbocycles. The monoisotopic (exact) mass is 550 g/mol. The predicted molar refractivity (Wildman–Crippen MR) is 155 cm³/mol. The van der Waals surface area contributed by atoms with Crippen LogP contribution in [0.3, 0.4) is 0 Å². The molecule has 3 aromatic rings. The molecular weight excluding hydrogens is 512 g/mol. The fourth-order valence-electron chi connectivity index (χ4n) is 5.89. The van der Waals surface area contributed by atoms with Gasteiger partial charge in [0.25, 0.3) is 0 Å². The zero-order valence-corrected chi connectivity index (χ0v) is 23.3. The van der Waals surface area contributed by atoms with Gasteiger partial charge in [-0.1, -0.05) is 56.5 Å². The van der Waals surface area contributed by atoms with Crippen LogP contribution in [0.5, 0.6) is 0 Å². The second-order valence-electron chi connectivity index (χ2n) is 10.8. The highest BCUT2D eigenvalue weighted by Gasteiger charge is 2.41. The average Bonchev–Trinajstić information content (AvgIpc) is 3.46. The molecule has 3 heterocycles. The van der Waals surface area contributed by atoms with Crippen LogP contribution in [0.2, 0.25) is 0 Å². The van der Waals surface area contributed by atoms with Crippen molar-refractivity contribution in [2.45, 2.75) is 63.4 Å². The molecule has 2 aromatic heterocycles. The molecule has 2 atom stereocenters. The van der Waals surface area contributed by atoms with E-state index in [-0.39, 0.29) is 11.5 Å². The first-order valence-electron chi connectivity index (χ1n) is 13.7. The minimum Gasteiger partial charge on any atom is -0.473 e. The number of benzene rings is 1. The summed E-state index contributed by atoms with van der Waals surface area (Å²) in [5, 5.41) is 29.9. The number of carboxylic acid groups (broad SMARTS) is 2. The van der Waals surface area contributed by atoms with Crippen LogP contribution in [0.25, 0.3) is 15.7 Å². The van der Waals surface area contributed by atoms with Crippen LogP contribution in [0, 0.1) is 5.92 Å². The van der Waals surface area contributed by atoms with E-state index in [0.29, 0.717) is 5.92 Å². The lowest BCUT2D eigenvalue weighted by molar-refractivity contribution is -0.159. The van der Waals surface area contributed by atoms with Gasteiger partial charge in [0.1, 0.15) is 0 Å². The molecule has 1 fully saturated rings. The van der Waals surface area contributed by atoms with Gasteiger partial charge in [0.2, 0.25) is 0 Å². The summed E-state index contributed by atoms with van der Waals surface area (Å²) < 4.78 is 1.41. The Labute approximate surface area is 233 Å². The molecule has 208 valence electrons. The van der Waals surface area contributed by atoms with Crippen molar-refractivity contribution in [2.24, 2.45) is 5.92 Å². The van der Waals surface area contributed by atoms with E-state index in [9.17, 15) is 5.11 Å². The number of aliphatic carboxylic acids is 2. The number of carboxylic acids is 2. The van der Waals surface area contributed by atoms with Crippen LogP contribution in [0.4, 0.5) is 0 Å². The fourth-order valence-corrected chi connectivity index (χ4v) is 6.84. The van der Waals surface area contributed by atoms with Crippen LogP contribution in [0.1, 0.15) is 63.1 Å². The Morgan fingerprint density at radius 1 is 1.08 bits per heavy atom. The molecule has 8 heteroatoms. The minimum atomic E-state index is -1.82. The quantitative estimate of drug-likeness (QED) is 0.317. The molecule has 1 aliphatic carbocycles. The molecular formula is C31H38N2O5S. The van der Waals surface area contributed by atoms with Gasteiger partial charge in [-0.3, -0.25) is 9.88 Å². The lowest BCUT2D eigenvalue weighted by Gasteiger charge is -2.41. The number of pyridine rings is 1. The topological polar surface area (TPSA) is 111 Å². The second-order valence-corrected chi connectivity index (χ2v) is 11.7. The lowest BCUT2D eigenvalue weighted by Crippen LogP contribution is -2.45. The van der Waals surface area contributed by atoms with Crippen molar-refractivity contribution in [3.05, 3.63) is 71.4 Å². The molecule has 0 radical (unpaired) electrons. The van der Waals surface area contributed by atoms with E-state index in [1.165, 1.54) is 40.5 Å². The molecule has 0 spiro atoms. The van der Waals surface area contributed by atoms with Crippen molar-refractivity contribution in [2.75, 3.05) is 19.6 Å². The SMILES string of the molecule is CC(CCN1CC=C(c2cccc3ccsc23)CC1)(c1ccccn1)C(O)C1CCCCC1.O=C(O)C(=O)O. The van der Waals surface area contributed by atoms with Gasteiger partial charge in [0.15, 0.2) is 0 Å². The second kappa shape index (κ2) is 13.3. The van der Waals surface area contributed by atoms with Crippen LogP contribution < -0.4 is 0 Å². The molecule has 0 saturated heterocycles. The summed E-state index contributed by atoms with van der Waals surface area (Å²) in [5.74, 6) is -3.25. The number of aliphatic hydroxyl groups is 1. The fraction of sp³-hybridized carbons (Fsp3) is 0.452. The number of aliphatic hydroxyl groups excluding tert-OH is 1. The maximum absolute atomic E-state index is 11.6. The smallest absolute Gasteiger partial charge is 0.414 e. The number of hydrogen-bond acceptors (Lipinski definition) is 6. The summed E-state index contributed by atoms with van der Waals surface area (Å²) in [6, 6.07) is 15.0. The molecule has 0 amide bonds. The van der Waals surface area contributed by atoms with Gasteiger partial charge in [0, 0.05) is 35.1 Å². The number of aromatic nitrogens is 1. The molecule has 3 N–H and O–H groups in total. The summed E-state index contributed by atoms with van der Waals surface area (Å²) in [4.78, 5) is 25.5. The zero-order valence-electron chi connectivity index (χ0n) is 22.5. The van der Waals surface area contributed by atoms with Crippen LogP contribution in [-0.2, 0) is 15.0 Å². The maximum atomic E-state index is 11.6. The molecule has 7 nitrogen and oxygen atoms in total. The van der Waals surface area contributed by atoms with Crippen molar-refractivity contribution in [3.63, 3.8) is 0 Å². The third kappa shape index (κ3) is 7.12. The highest BCUT2D eigenvalue weighted by Crippen LogP contribution is 2.39. The minimum absolute atomic E-state index is 0.310. The van der Waals surface area contributed by atoms with Crippen molar-refractivity contribution in [1.82, 2.24) is 9.88 Å². The zero-order chi connectivity index (χ0) is 27.8. The van der Waals surface area contributed by atoms with Crippen molar-refractivity contribution < 1.29 is 24.9 Å². The number of rotatable bonds is 7. The molecule has 0 bridgehead atoms. The Balaban J connectivity index is 0.000000531. The largest absolute Gasteiger partial charge is 0.473 e. The normalized spacial score (nSPS) is 18.9. The Morgan fingerprint density at radius 3 is 2.49 bits per heavy atom. The molecule has 5 rings (SSSR count). The van der Waals surface area contributed by atoms with E-state index in [2.05, 4.69) is 59.7 Å². The van der Waals surface area contributed by atoms with Gasteiger partial charge >= 0.3 is 11.9 Å². The number of thiophene rings is 1. The Bertz CT molecular complexity index is 1270. The van der Waals surface area contributed by atoms with Gasteiger partial charge in [-0.15, -0.1) is 11.3 Å². The lowest BCUT2D eigenvalue weighted by atomic mass is 9.69. The van der Waals surface area contributed by atoms with Crippen LogP contribution in [0.15, 0.2) is 60.1 Å². The van der Waals surface area contributed by atoms with Gasteiger partial charge in [-0.05, 0) is 78.2 Å². The van der Waals surface area contributed by atoms with Crippen LogP contribution in [-0.4, -0.2) is 62.9 Å². The van der Waals surface area contributed by atoms with Crippen molar-refractivity contribution >= 4 is 38.9 Å². The number of hydrogen-bond donors (Lipinski definition) is 3. The molecule has 2 unspecified atom stereocenters. The number of nitrogens with zero attached hydrogens (tertiary/aromatic N) is 2. The standard InChI is InChI=1S/C29H36N2OS.C2H2O4/c1-29(26-12-5-6-17-30-26,28(32)24-8-3-2-4-9-24)16-20-31-18-13-22(14-19-31)25-11-7-10-23-15-21-33-27(23)25;3-1(4)2(5)6/h5-7,10-13,15,17,21,24,28,32H,2-4,8-9,14,16,18-20H2,1H3;(H,3,4)(H,5,6). The third-order valence-electron chi connectivity index (χ3n) is 8.25. The maximum Gasteiger partial charge on any atom is 0.414 e. The summed E-state index contributed by atoms with van der Waals surface area (Å²) >= 11 is 1.85. The molecule has 1 aliphatic heterocycles. The summed E-state index contributed by atoms with van der Waals surface area (Å²) in [5.41, 5.74) is 3.62. The first-order chi connectivity index (χ1) is 18.8.